The summed E-state index contributed by atoms with van der Waals surface area (Å²) in [6, 6.07) is 2.11. The summed E-state index contributed by atoms with van der Waals surface area (Å²) >= 11 is 0. The van der Waals surface area contributed by atoms with E-state index < -0.39 is 36.6 Å². The van der Waals surface area contributed by atoms with Crippen LogP contribution in [0.15, 0.2) is 27.6 Å². The van der Waals surface area contributed by atoms with E-state index in [4.69, 9.17) is 10.2 Å². The Hall–Kier alpha value is -2.64. The summed E-state index contributed by atoms with van der Waals surface area (Å²) in [6.45, 7) is -1.52. The van der Waals surface area contributed by atoms with Crippen molar-refractivity contribution in [3.05, 3.63) is 34.4 Å². The van der Waals surface area contributed by atoms with Crippen molar-refractivity contribution >= 4 is 17.8 Å². The lowest BCUT2D eigenvalue weighted by Crippen LogP contribution is -2.39. The molecule has 1 heterocycles. The molecule has 0 saturated carbocycles. The van der Waals surface area contributed by atoms with Crippen molar-refractivity contribution in [2.75, 3.05) is 13.1 Å². The van der Waals surface area contributed by atoms with Gasteiger partial charge in [0.25, 0.3) is 5.91 Å². The van der Waals surface area contributed by atoms with Crippen molar-refractivity contribution in [1.29, 1.82) is 0 Å². The number of carbonyl (C=O) groups excluding carboxylic acids is 1. The van der Waals surface area contributed by atoms with Gasteiger partial charge in [-0.3, -0.25) is 14.4 Å². The van der Waals surface area contributed by atoms with Crippen molar-refractivity contribution < 1.29 is 29.0 Å². The summed E-state index contributed by atoms with van der Waals surface area (Å²) in [7, 11) is 0. The minimum absolute atomic E-state index is 0.0999. The molecule has 0 radical (unpaired) electrons. The van der Waals surface area contributed by atoms with Crippen LogP contribution in [0.4, 0.5) is 0 Å². The average Bonchev–Trinajstić information content (AvgIpc) is 2.27. The zero-order valence-corrected chi connectivity index (χ0v) is 9.03. The molecule has 8 nitrogen and oxygen atoms in total. The molecule has 2 N–H and O–H groups in total. The third-order valence-electron chi connectivity index (χ3n) is 1.89. The van der Waals surface area contributed by atoms with Crippen LogP contribution in [0.5, 0.6) is 0 Å². The van der Waals surface area contributed by atoms with Crippen LogP contribution in [-0.2, 0) is 9.59 Å². The first-order chi connectivity index (χ1) is 8.40. The molecule has 18 heavy (non-hydrogen) atoms. The van der Waals surface area contributed by atoms with E-state index in [1.54, 1.807) is 0 Å². The predicted octanol–water partition coefficient (Wildman–Crippen LogP) is -0.749. The molecule has 96 valence electrons. The highest BCUT2D eigenvalue weighted by Gasteiger charge is 2.21. The van der Waals surface area contributed by atoms with Crippen molar-refractivity contribution in [2.45, 2.75) is 0 Å². The maximum Gasteiger partial charge on any atom is 0.335 e. The molecule has 1 rings (SSSR count). The van der Waals surface area contributed by atoms with Gasteiger partial charge in [-0.15, -0.1) is 0 Å². The Morgan fingerprint density at radius 3 is 2.06 bits per heavy atom. The molecule has 8 heteroatoms. The number of aliphatic carboxylic acids is 2. The SMILES string of the molecule is O=C(O)CN(CC(=O)O)C(=O)c1ccc(=O)oc1. The zero-order valence-electron chi connectivity index (χ0n) is 9.03. The molecule has 0 bridgehead atoms. The zero-order chi connectivity index (χ0) is 13.7. The van der Waals surface area contributed by atoms with Crippen LogP contribution in [0.1, 0.15) is 10.4 Å². The van der Waals surface area contributed by atoms with E-state index in [1.807, 2.05) is 0 Å². The maximum absolute atomic E-state index is 11.8. The second kappa shape index (κ2) is 5.62. The molecule has 0 aliphatic heterocycles. The number of nitrogens with zero attached hydrogens (tertiary/aromatic N) is 1. The van der Waals surface area contributed by atoms with Gasteiger partial charge in [-0.1, -0.05) is 0 Å². The highest BCUT2D eigenvalue weighted by atomic mass is 16.4. The molecule has 0 aliphatic rings. The van der Waals surface area contributed by atoms with E-state index in [-0.39, 0.29) is 5.56 Å². The van der Waals surface area contributed by atoms with Crippen LogP contribution < -0.4 is 5.63 Å². The Labute approximate surface area is 100 Å². The summed E-state index contributed by atoms with van der Waals surface area (Å²) in [6.07, 6.45) is 0.849. The molecule has 0 fully saturated rings. The quantitative estimate of drug-likeness (QED) is 0.709. The van der Waals surface area contributed by atoms with Crippen LogP contribution in [0.3, 0.4) is 0 Å². The van der Waals surface area contributed by atoms with E-state index in [1.165, 1.54) is 0 Å². The van der Waals surface area contributed by atoms with Crippen molar-refractivity contribution in [2.24, 2.45) is 0 Å². The maximum atomic E-state index is 11.8. The Morgan fingerprint density at radius 2 is 1.67 bits per heavy atom. The summed E-state index contributed by atoms with van der Waals surface area (Å²) in [5.41, 5.74) is -0.772. The first-order valence-electron chi connectivity index (χ1n) is 4.72. The minimum Gasteiger partial charge on any atom is -0.480 e. The van der Waals surface area contributed by atoms with Crippen molar-refractivity contribution in [3.8, 4) is 0 Å². The van der Waals surface area contributed by atoms with E-state index in [0.29, 0.717) is 4.90 Å². The van der Waals surface area contributed by atoms with Crippen LogP contribution >= 0.6 is 0 Å². The van der Waals surface area contributed by atoms with Crippen molar-refractivity contribution in [1.82, 2.24) is 4.90 Å². The number of hydrogen-bond acceptors (Lipinski definition) is 5. The Kier molecular flexibility index (Phi) is 4.19. The molecule has 0 spiro atoms. The molecule has 1 aromatic heterocycles. The first-order valence-corrected chi connectivity index (χ1v) is 4.72. The van der Waals surface area contributed by atoms with Gasteiger partial charge in [0.15, 0.2) is 0 Å². The largest absolute Gasteiger partial charge is 0.480 e. The summed E-state index contributed by atoms with van der Waals surface area (Å²) in [4.78, 5) is 44.1. The average molecular weight is 255 g/mol. The number of rotatable bonds is 5. The van der Waals surface area contributed by atoms with Gasteiger partial charge in [-0.25, -0.2) is 4.79 Å². The number of carboxylic acids is 2. The van der Waals surface area contributed by atoms with E-state index in [0.717, 1.165) is 18.4 Å². The number of carbonyl (C=O) groups is 3. The highest BCUT2D eigenvalue weighted by molar-refractivity contribution is 5.97. The van der Waals surface area contributed by atoms with Crippen molar-refractivity contribution in [3.63, 3.8) is 0 Å². The van der Waals surface area contributed by atoms with Crippen LogP contribution in [0, 0.1) is 0 Å². The van der Waals surface area contributed by atoms with Crippen LogP contribution in [0.2, 0.25) is 0 Å². The third kappa shape index (κ3) is 3.74. The highest BCUT2D eigenvalue weighted by Crippen LogP contribution is 2.02. The van der Waals surface area contributed by atoms with E-state index in [2.05, 4.69) is 4.42 Å². The smallest absolute Gasteiger partial charge is 0.335 e. The second-order valence-corrected chi connectivity index (χ2v) is 3.29. The van der Waals surface area contributed by atoms with Gasteiger partial charge in [0.1, 0.15) is 19.4 Å². The summed E-state index contributed by atoms with van der Waals surface area (Å²) in [5, 5.41) is 17.2. The van der Waals surface area contributed by atoms with Gasteiger partial charge in [0.2, 0.25) is 0 Å². The summed E-state index contributed by atoms with van der Waals surface area (Å²) < 4.78 is 4.44. The lowest BCUT2D eigenvalue weighted by molar-refractivity contribution is -0.140. The number of carboxylic acid groups (broad SMARTS) is 2. The predicted molar refractivity (Wildman–Crippen MR) is 56.2 cm³/mol. The van der Waals surface area contributed by atoms with Gasteiger partial charge in [0, 0.05) is 6.07 Å². The normalized spacial score (nSPS) is 9.78. The minimum atomic E-state index is -1.35. The van der Waals surface area contributed by atoms with Crippen LogP contribution in [0.25, 0.3) is 0 Å². The fourth-order valence-electron chi connectivity index (χ4n) is 1.19. The molecule has 0 saturated heterocycles. The Morgan fingerprint density at radius 1 is 1.11 bits per heavy atom. The molecular weight excluding hydrogens is 246 g/mol. The van der Waals surface area contributed by atoms with E-state index in [9.17, 15) is 19.2 Å². The van der Waals surface area contributed by atoms with Gasteiger partial charge in [-0.05, 0) is 6.07 Å². The number of amides is 1. The first kappa shape index (κ1) is 13.4. The Balaban J connectivity index is 2.93. The molecule has 0 aliphatic carbocycles. The number of hydrogen-bond donors (Lipinski definition) is 2. The molecular formula is C10H9NO7. The van der Waals surface area contributed by atoms with Gasteiger partial charge in [0.05, 0.1) is 5.56 Å². The van der Waals surface area contributed by atoms with Gasteiger partial charge >= 0.3 is 17.6 Å². The lowest BCUT2D eigenvalue weighted by Gasteiger charge is -2.17. The molecule has 1 amide bonds. The summed E-state index contributed by atoms with van der Waals surface area (Å²) in [5.74, 6) is -3.53. The molecule has 0 atom stereocenters. The Bertz CT molecular complexity index is 497. The standard InChI is InChI=1S/C10H9NO7/c12-7(13)3-11(4-8(14)15)10(17)6-1-2-9(16)18-5-6/h1-2,5H,3-4H2,(H,12,13)(H,14,15). The van der Waals surface area contributed by atoms with Crippen LogP contribution in [-0.4, -0.2) is 46.0 Å². The molecule has 0 unspecified atom stereocenters. The third-order valence-corrected chi connectivity index (χ3v) is 1.89. The molecule has 1 aromatic rings. The van der Waals surface area contributed by atoms with Gasteiger partial charge in [-0.2, -0.15) is 0 Å². The second-order valence-electron chi connectivity index (χ2n) is 3.29. The molecule has 0 aromatic carbocycles. The fraction of sp³-hybridized carbons (Fsp3) is 0.200. The topological polar surface area (TPSA) is 125 Å². The van der Waals surface area contributed by atoms with E-state index >= 15 is 0 Å². The lowest BCUT2D eigenvalue weighted by atomic mass is 10.2. The monoisotopic (exact) mass is 255 g/mol. The fourth-order valence-corrected chi connectivity index (χ4v) is 1.19. The van der Waals surface area contributed by atoms with Gasteiger partial charge < -0.3 is 19.5 Å².